The predicted molar refractivity (Wildman–Crippen MR) is 58.6 cm³/mol. The predicted octanol–water partition coefficient (Wildman–Crippen LogP) is 5.05. The van der Waals surface area contributed by atoms with Crippen molar-refractivity contribution in [1.82, 2.24) is 0 Å². The molecule has 13 heteroatoms. The lowest BCUT2D eigenvalue weighted by atomic mass is 10.2. The van der Waals surface area contributed by atoms with Gasteiger partial charge < -0.3 is 0 Å². The first-order valence-corrected chi connectivity index (χ1v) is 7.53. The fourth-order valence-electron chi connectivity index (χ4n) is 1.48. The van der Waals surface area contributed by atoms with Gasteiger partial charge in [-0.15, -0.1) is 0 Å². The van der Waals surface area contributed by atoms with Gasteiger partial charge in [0, 0.05) is 25.7 Å². The van der Waals surface area contributed by atoms with Crippen LogP contribution in [0.25, 0.3) is 0 Å². The lowest BCUT2D eigenvalue weighted by Gasteiger charge is -2.24. The van der Waals surface area contributed by atoms with Gasteiger partial charge in [-0.1, -0.05) is 0 Å². The Hall–Kier alpha value is -0.750. The molecule has 23 heavy (non-hydrogen) atoms. The van der Waals surface area contributed by atoms with Crippen LogP contribution in [-0.4, -0.2) is 31.3 Å². The fourth-order valence-corrected chi connectivity index (χ4v) is 2.74. The summed E-state index contributed by atoms with van der Waals surface area (Å²) < 4.78 is 146. The van der Waals surface area contributed by atoms with Crippen LogP contribution in [0, 0.1) is 0 Å². The van der Waals surface area contributed by atoms with Crippen LogP contribution in [-0.2, 0) is 9.84 Å². The molecule has 0 radical (unpaired) electrons. The van der Waals surface area contributed by atoms with Crippen LogP contribution in [0.5, 0.6) is 0 Å². The fraction of sp³-hybridized carbons (Fsp3) is 1.00. The number of halogens is 10. The number of alkyl halides is 10. The Balaban J connectivity index is 4.90. The molecule has 0 heterocycles. The molecular formula is C10H12F10O2S. The van der Waals surface area contributed by atoms with Gasteiger partial charge in [-0.2, -0.15) is 43.9 Å². The molecule has 2 nitrogen and oxygen atoms in total. The van der Waals surface area contributed by atoms with Gasteiger partial charge in [0.2, 0.25) is 0 Å². The number of rotatable bonds is 8. The maximum atomic E-state index is 13.3. The molecule has 0 unspecified atom stereocenters. The molecule has 0 aliphatic heterocycles. The summed E-state index contributed by atoms with van der Waals surface area (Å²) in [5, 5.41) is -10.4. The molecule has 0 saturated heterocycles. The van der Waals surface area contributed by atoms with E-state index in [1.807, 2.05) is 0 Å². The summed E-state index contributed by atoms with van der Waals surface area (Å²) in [6.45, 7) is 0. The van der Waals surface area contributed by atoms with Crippen molar-refractivity contribution in [2.75, 3.05) is 0 Å². The van der Waals surface area contributed by atoms with Crippen LogP contribution in [0.2, 0.25) is 0 Å². The van der Waals surface area contributed by atoms with Crippen LogP contribution in [0.4, 0.5) is 43.9 Å². The standard InChI is InChI=1S/C10H12F10O2S/c11-7(12,13)3-1-5-9(17,18)23(21,22)10(19,20)6-2-4-8(14,15)16/h1-6H2. The smallest absolute Gasteiger partial charge is 0.216 e. The summed E-state index contributed by atoms with van der Waals surface area (Å²) in [5.41, 5.74) is 0. The maximum absolute atomic E-state index is 13.3. The van der Waals surface area contributed by atoms with E-state index in [0.717, 1.165) is 0 Å². The van der Waals surface area contributed by atoms with Gasteiger partial charge in [-0.25, -0.2) is 8.42 Å². The van der Waals surface area contributed by atoms with Crippen molar-refractivity contribution in [3.05, 3.63) is 0 Å². The molecule has 0 amide bonds. The average molecular weight is 386 g/mol. The molecule has 0 N–H and O–H groups in total. The van der Waals surface area contributed by atoms with E-state index in [1.54, 1.807) is 0 Å². The minimum absolute atomic E-state index is 1.42. The van der Waals surface area contributed by atoms with Crippen molar-refractivity contribution in [1.29, 1.82) is 0 Å². The van der Waals surface area contributed by atoms with Crippen LogP contribution in [0.3, 0.4) is 0 Å². The van der Waals surface area contributed by atoms with Gasteiger partial charge in [-0.3, -0.25) is 0 Å². The van der Waals surface area contributed by atoms with Crippen LogP contribution in [0.15, 0.2) is 0 Å². The monoisotopic (exact) mass is 386 g/mol. The quantitative estimate of drug-likeness (QED) is 0.547. The van der Waals surface area contributed by atoms with Crippen molar-refractivity contribution in [3.8, 4) is 0 Å². The second-order valence-electron chi connectivity index (χ2n) is 4.72. The van der Waals surface area contributed by atoms with E-state index in [-0.39, 0.29) is 0 Å². The van der Waals surface area contributed by atoms with E-state index >= 15 is 0 Å². The highest BCUT2D eigenvalue weighted by Crippen LogP contribution is 2.42. The molecule has 0 bridgehead atoms. The molecule has 0 saturated carbocycles. The maximum Gasteiger partial charge on any atom is 0.389 e. The van der Waals surface area contributed by atoms with Gasteiger partial charge in [0.1, 0.15) is 0 Å². The second kappa shape index (κ2) is 7.01. The first-order chi connectivity index (χ1) is 9.91. The Kier molecular flexibility index (Phi) is 6.78. The van der Waals surface area contributed by atoms with E-state index in [4.69, 9.17) is 0 Å². The Morgan fingerprint density at radius 3 is 1.00 bits per heavy atom. The lowest BCUT2D eigenvalue weighted by molar-refractivity contribution is -0.137. The van der Waals surface area contributed by atoms with Gasteiger partial charge in [0.05, 0.1) is 0 Å². The first kappa shape index (κ1) is 22.2. The zero-order valence-electron chi connectivity index (χ0n) is 11.2. The van der Waals surface area contributed by atoms with Crippen molar-refractivity contribution < 1.29 is 52.3 Å². The highest BCUT2D eigenvalue weighted by Gasteiger charge is 2.59. The Morgan fingerprint density at radius 1 is 0.522 bits per heavy atom. The molecule has 0 aromatic carbocycles. The summed E-state index contributed by atoms with van der Waals surface area (Å²) in [4.78, 5) is 0. The highest BCUT2D eigenvalue weighted by atomic mass is 32.2. The molecule has 0 rings (SSSR count). The second-order valence-corrected chi connectivity index (χ2v) is 6.92. The summed E-state index contributed by atoms with van der Waals surface area (Å²) >= 11 is 0. The average Bonchev–Trinajstić information content (AvgIpc) is 2.23. The molecule has 0 fully saturated rings. The third-order valence-corrected chi connectivity index (χ3v) is 4.62. The van der Waals surface area contributed by atoms with Crippen molar-refractivity contribution in [2.24, 2.45) is 0 Å². The van der Waals surface area contributed by atoms with E-state index in [1.165, 1.54) is 0 Å². The molecule has 0 aliphatic carbocycles. The van der Waals surface area contributed by atoms with Gasteiger partial charge in [0.15, 0.2) is 0 Å². The van der Waals surface area contributed by atoms with Gasteiger partial charge in [0.25, 0.3) is 9.84 Å². The molecule has 0 aromatic rings. The lowest BCUT2D eigenvalue weighted by Crippen LogP contribution is -2.42. The number of hydrogen-bond donors (Lipinski definition) is 0. The van der Waals surface area contributed by atoms with E-state index in [9.17, 15) is 52.3 Å². The Morgan fingerprint density at radius 2 is 0.783 bits per heavy atom. The first-order valence-electron chi connectivity index (χ1n) is 6.05. The van der Waals surface area contributed by atoms with Crippen molar-refractivity contribution in [2.45, 2.75) is 61.4 Å². The van der Waals surface area contributed by atoms with Crippen LogP contribution in [0.1, 0.15) is 38.5 Å². The SMILES string of the molecule is O=S(=O)(C(F)(F)CCCC(F)(F)F)C(F)(F)CCCC(F)(F)F. The molecule has 0 aromatic heterocycles. The Bertz CT molecular complexity index is 439. The molecule has 0 spiro atoms. The van der Waals surface area contributed by atoms with Crippen molar-refractivity contribution >= 4 is 9.84 Å². The summed E-state index contributed by atoms with van der Waals surface area (Å²) in [6, 6.07) is 0. The van der Waals surface area contributed by atoms with E-state index in [0.29, 0.717) is 0 Å². The Labute approximate surface area is 124 Å². The molecule has 0 atom stereocenters. The zero-order valence-corrected chi connectivity index (χ0v) is 12.1. The van der Waals surface area contributed by atoms with E-state index < -0.39 is 71.2 Å². The van der Waals surface area contributed by atoms with E-state index in [2.05, 4.69) is 0 Å². The molecular weight excluding hydrogens is 374 g/mol. The minimum atomic E-state index is -6.57. The van der Waals surface area contributed by atoms with Gasteiger partial charge >= 0.3 is 22.9 Å². The molecule has 0 aliphatic rings. The summed E-state index contributed by atoms with van der Waals surface area (Å²) in [6.07, 6.45) is -20.2. The van der Waals surface area contributed by atoms with Crippen LogP contribution < -0.4 is 0 Å². The van der Waals surface area contributed by atoms with Gasteiger partial charge in [-0.05, 0) is 12.8 Å². The highest BCUT2D eigenvalue weighted by molar-refractivity contribution is 7.93. The topological polar surface area (TPSA) is 34.1 Å². The third-order valence-electron chi connectivity index (χ3n) is 2.64. The zero-order chi connectivity index (χ0) is 18.7. The number of hydrogen-bond acceptors (Lipinski definition) is 2. The third kappa shape index (κ3) is 7.12. The van der Waals surface area contributed by atoms with Crippen LogP contribution >= 0.6 is 0 Å². The largest absolute Gasteiger partial charge is 0.389 e. The normalized spacial score (nSPS) is 15.0. The summed E-state index contributed by atoms with van der Waals surface area (Å²) in [5.74, 6) is 0. The minimum Gasteiger partial charge on any atom is -0.216 e. The number of sulfone groups is 1. The summed E-state index contributed by atoms with van der Waals surface area (Å²) in [7, 11) is -6.57. The van der Waals surface area contributed by atoms with Crippen molar-refractivity contribution in [3.63, 3.8) is 0 Å². The molecule has 140 valence electrons.